The van der Waals surface area contributed by atoms with Crippen molar-refractivity contribution in [3.63, 3.8) is 0 Å². The molecule has 4 saturated carbocycles. The summed E-state index contributed by atoms with van der Waals surface area (Å²) in [6, 6.07) is 3.53. The van der Waals surface area contributed by atoms with Crippen molar-refractivity contribution < 1.29 is 9.53 Å². The first-order chi connectivity index (χ1) is 9.66. The fourth-order valence-electron chi connectivity index (χ4n) is 4.93. The van der Waals surface area contributed by atoms with Crippen LogP contribution < -0.4 is 4.74 Å². The first-order valence-electron chi connectivity index (χ1n) is 7.43. The van der Waals surface area contributed by atoms with Crippen molar-refractivity contribution in [1.82, 2.24) is 4.98 Å². The van der Waals surface area contributed by atoms with E-state index in [1.807, 2.05) is 0 Å². The summed E-state index contributed by atoms with van der Waals surface area (Å²) in [5.41, 5.74) is -0.0782. The first-order valence-corrected chi connectivity index (χ1v) is 7.81. The topological polar surface area (TPSA) is 39.2 Å². The highest BCUT2D eigenvalue weighted by Crippen LogP contribution is 2.64. The SMILES string of the molecule is O=C(COc1cccnc1Cl)C12CC3CC(C1)C(C3)C2. The normalized spacial score (nSPS) is 37.4. The van der Waals surface area contributed by atoms with Gasteiger partial charge in [0.25, 0.3) is 0 Å². The van der Waals surface area contributed by atoms with E-state index >= 15 is 0 Å². The highest BCUT2D eigenvalue weighted by atomic mass is 35.5. The number of aromatic nitrogens is 1. The van der Waals surface area contributed by atoms with Crippen molar-refractivity contribution in [1.29, 1.82) is 0 Å². The number of halogens is 1. The van der Waals surface area contributed by atoms with Crippen LogP contribution in [0, 0.1) is 23.2 Å². The van der Waals surface area contributed by atoms with E-state index in [1.165, 1.54) is 12.8 Å². The van der Waals surface area contributed by atoms with E-state index < -0.39 is 0 Å². The molecule has 0 amide bonds. The van der Waals surface area contributed by atoms with E-state index in [1.54, 1.807) is 18.3 Å². The number of carbonyl (C=O) groups is 1. The summed E-state index contributed by atoms with van der Waals surface area (Å²) in [4.78, 5) is 16.6. The van der Waals surface area contributed by atoms with Crippen LogP contribution in [0.4, 0.5) is 0 Å². The fourth-order valence-corrected chi connectivity index (χ4v) is 5.10. The summed E-state index contributed by atoms with van der Waals surface area (Å²) in [6.45, 7) is 0.136. The summed E-state index contributed by atoms with van der Waals surface area (Å²) < 4.78 is 5.60. The second kappa shape index (κ2) is 4.45. The molecular weight excluding hydrogens is 274 g/mol. The van der Waals surface area contributed by atoms with Crippen molar-refractivity contribution in [2.75, 3.05) is 6.61 Å². The largest absolute Gasteiger partial charge is 0.483 e. The molecule has 0 N–H and O–H groups in total. The molecule has 106 valence electrons. The van der Waals surface area contributed by atoms with Crippen LogP contribution in [0.25, 0.3) is 0 Å². The maximum absolute atomic E-state index is 12.6. The van der Waals surface area contributed by atoms with Gasteiger partial charge in [-0.25, -0.2) is 4.98 Å². The molecule has 4 heteroatoms. The Labute approximate surface area is 123 Å². The van der Waals surface area contributed by atoms with E-state index in [2.05, 4.69) is 4.98 Å². The monoisotopic (exact) mass is 291 g/mol. The minimum atomic E-state index is -0.0782. The van der Waals surface area contributed by atoms with Crippen LogP contribution in [0.2, 0.25) is 5.15 Å². The molecule has 0 aliphatic heterocycles. The Morgan fingerprint density at radius 2 is 2.10 bits per heavy atom. The second-order valence-corrected chi connectivity index (χ2v) is 7.11. The third kappa shape index (κ3) is 1.86. The smallest absolute Gasteiger partial charge is 0.176 e. The molecule has 4 fully saturated rings. The quantitative estimate of drug-likeness (QED) is 0.797. The number of pyridine rings is 1. The lowest BCUT2D eigenvalue weighted by atomic mass is 9.67. The van der Waals surface area contributed by atoms with Gasteiger partial charge in [0.1, 0.15) is 6.61 Å². The number of Topliss-reactive ketones (excluding diaryl/α,β-unsaturated/α-hetero) is 1. The van der Waals surface area contributed by atoms with Gasteiger partial charge in [-0.15, -0.1) is 0 Å². The molecule has 0 saturated heterocycles. The zero-order chi connectivity index (χ0) is 13.7. The van der Waals surface area contributed by atoms with Gasteiger partial charge in [0.15, 0.2) is 16.7 Å². The summed E-state index contributed by atoms with van der Waals surface area (Å²) >= 11 is 5.95. The molecule has 4 aliphatic carbocycles. The molecule has 0 radical (unpaired) electrons. The lowest BCUT2D eigenvalue weighted by molar-refractivity contribution is -0.133. The Kier molecular flexibility index (Phi) is 2.81. The molecule has 1 heterocycles. The van der Waals surface area contributed by atoms with Crippen molar-refractivity contribution in [3.05, 3.63) is 23.5 Å². The van der Waals surface area contributed by atoms with Crippen LogP contribution >= 0.6 is 11.6 Å². The Balaban J connectivity index is 1.45. The van der Waals surface area contributed by atoms with Crippen molar-refractivity contribution >= 4 is 17.4 Å². The van der Waals surface area contributed by atoms with E-state index in [0.29, 0.717) is 10.9 Å². The molecule has 3 nitrogen and oxygen atoms in total. The highest BCUT2D eigenvalue weighted by Gasteiger charge is 2.58. The standard InChI is InChI=1S/C16H18ClNO2/c17-15-13(2-1-3-18-15)20-9-14(19)16-6-10-4-11(7-16)12(5-10)8-16/h1-3,10-12H,4-9H2. The number of carbonyl (C=O) groups excluding carboxylic acids is 1. The van der Waals surface area contributed by atoms with E-state index in [9.17, 15) is 4.79 Å². The average Bonchev–Trinajstić information content (AvgIpc) is 2.85. The lowest BCUT2D eigenvalue weighted by Gasteiger charge is -2.36. The molecule has 1 aromatic rings. The van der Waals surface area contributed by atoms with Gasteiger partial charge in [-0.05, 0) is 62.0 Å². The number of nitrogens with zero attached hydrogens (tertiary/aromatic N) is 1. The molecule has 4 bridgehead atoms. The van der Waals surface area contributed by atoms with Crippen LogP contribution in [0.5, 0.6) is 5.75 Å². The zero-order valence-corrected chi connectivity index (χ0v) is 12.1. The Morgan fingerprint density at radius 3 is 2.75 bits per heavy atom. The summed E-state index contributed by atoms with van der Waals surface area (Å²) in [7, 11) is 0. The van der Waals surface area contributed by atoms with Gasteiger partial charge in [-0.3, -0.25) is 4.79 Å². The van der Waals surface area contributed by atoms with E-state index in [4.69, 9.17) is 16.3 Å². The van der Waals surface area contributed by atoms with Crippen LogP contribution in [0.1, 0.15) is 32.1 Å². The summed E-state index contributed by atoms with van der Waals surface area (Å²) in [5, 5.41) is 0.327. The molecule has 0 aromatic carbocycles. The maximum atomic E-state index is 12.6. The van der Waals surface area contributed by atoms with Crippen molar-refractivity contribution in [3.8, 4) is 5.75 Å². The number of hydrogen-bond acceptors (Lipinski definition) is 3. The first kappa shape index (κ1) is 12.6. The third-order valence-electron chi connectivity index (χ3n) is 5.60. The minimum Gasteiger partial charge on any atom is -0.483 e. The predicted molar refractivity (Wildman–Crippen MR) is 75.7 cm³/mol. The third-order valence-corrected chi connectivity index (χ3v) is 5.88. The average molecular weight is 292 g/mol. The number of hydrogen-bond donors (Lipinski definition) is 0. The number of rotatable bonds is 4. The van der Waals surface area contributed by atoms with Gasteiger partial charge >= 0.3 is 0 Å². The number of ketones is 1. The Bertz CT molecular complexity index is 540. The van der Waals surface area contributed by atoms with Crippen LogP contribution in [-0.2, 0) is 4.79 Å². The van der Waals surface area contributed by atoms with Crippen molar-refractivity contribution in [2.24, 2.45) is 23.2 Å². The number of ether oxygens (including phenoxy) is 1. The molecule has 20 heavy (non-hydrogen) atoms. The van der Waals surface area contributed by atoms with Gasteiger partial charge in [0.05, 0.1) is 0 Å². The van der Waals surface area contributed by atoms with E-state index in [-0.39, 0.29) is 17.8 Å². The van der Waals surface area contributed by atoms with Gasteiger partial charge in [0.2, 0.25) is 0 Å². The second-order valence-electron chi connectivity index (χ2n) is 6.75. The van der Waals surface area contributed by atoms with Gasteiger partial charge in [0, 0.05) is 11.6 Å². The summed E-state index contributed by atoms with van der Waals surface area (Å²) in [5.74, 6) is 3.18. The van der Waals surface area contributed by atoms with Crippen LogP contribution in [0.3, 0.4) is 0 Å². The molecule has 4 aliphatic rings. The zero-order valence-electron chi connectivity index (χ0n) is 11.3. The Hall–Kier alpha value is -1.09. The fraction of sp³-hybridized carbons (Fsp3) is 0.625. The summed E-state index contributed by atoms with van der Waals surface area (Å²) in [6.07, 6.45) is 7.60. The van der Waals surface area contributed by atoms with Crippen LogP contribution in [-0.4, -0.2) is 17.4 Å². The molecule has 1 aromatic heterocycles. The lowest BCUT2D eigenvalue weighted by Crippen LogP contribution is -2.38. The predicted octanol–water partition coefficient (Wildman–Crippen LogP) is 3.51. The minimum absolute atomic E-state index is 0.0782. The van der Waals surface area contributed by atoms with Crippen LogP contribution in [0.15, 0.2) is 18.3 Å². The molecule has 2 atom stereocenters. The molecule has 0 spiro atoms. The van der Waals surface area contributed by atoms with Gasteiger partial charge < -0.3 is 4.74 Å². The van der Waals surface area contributed by atoms with Gasteiger partial charge in [-0.1, -0.05) is 11.6 Å². The molecular formula is C16H18ClNO2. The van der Waals surface area contributed by atoms with Gasteiger partial charge in [-0.2, -0.15) is 0 Å². The van der Waals surface area contributed by atoms with Crippen molar-refractivity contribution in [2.45, 2.75) is 32.1 Å². The maximum Gasteiger partial charge on any atom is 0.176 e. The Morgan fingerprint density at radius 1 is 1.35 bits per heavy atom. The molecule has 5 rings (SSSR count). The van der Waals surface area contributed by atoms with E-state index in [0.717, 1.165) is 37.0 Å². The highest BCUT2D eigenvalue weighted by molar-refractivity contribution is 6.30. The molecule has 2 unspecified atom stereocenters.